The third-order valence-electron chi connectivity index (χ3n) is 3.26. The van der Waals surface area contributed by atoms with Gasteiger partial charge in [-0.25, -0.2) is 0 Å². The Balaban J connectivity index is 1.90. The number of amides is 2. The first kappa shape index (κ1) is 14.3. The molecule has 7 heteroatoms. The summed E-state index contributed by atoms with van der Waals surface area (Å²) >= 11 is 8.48. The van der Waals surface area contributed by atoms with E-state index in [2.05, 4.69) is 26.2 Å². The number of carbonyl (C=O) groups excluding carboxylic acids is 2. The molecular weight excluding hydrogens is 354 g/mol. The Morgan fingerprint density at radius 1 is 1.38 bits per heavy atom. The van der Waals surface area contributed by atoms with Crippen LogP contribution in [-0.4, -0.2) is 29.2 Å². The second kappa shape index (κ2) is 5.65. The Morgan fingerprint density at radius 2 is 2.14 bits per heavy atom. The van der Waals surface area contributed by atoms with Gasteiger partial charge >= 0.3 is 0 Å². The lowest BCUT2D eigenvalue weighted by molar-refractivity contribution is -0.130. The molecule has 1 aliphatic heterocycles. The van der Waals surface area contributed by atoms with Crippen LogP contribution in [0.15, 0.2) is 33.7 Å². The van der Waals surface area contributed by atoms with Crippen molar-refractivity contribution in [3.05, 3.63) is 28.7 Å². The Hall–Kier alpha value is -1.60. The van der Waals surface area contributed by atoms with Crippen LogP contribution in [0.5, 0.6) is 0 Å². The Bertz CT molecular complexity index is 657. The number of benzene rings is 1. The summed E-state index contributed by atoms with van der Waals surface area (Å²) < 4.78 is 0.829. The lowest BCUT2D eigenvalue weighted by Crippen LogP contribution is -2.58. The van der Waals surface area contributed by atoms with Crippen molar-refractivity contribution in [3.63, 3.8) is 0 Å². The average Bonchev–Trinajstić information content (AvgIpc) is 3.22. The van der Waals surface area contributed by atoms with Gasteiger partial charge in [0.1, 0.15) is 0 Å². The third-order valence-corrected chi connectivity index (χ3v) is 4.04. The van der Waals surface area contributed by atoms with Gasteiger partial charge in [-0.3, -0.25) is 19.5 Å². The van der Waals surface area contributed by atoms with Gasteiger partial charge in [-0.1, -0.05) is 22.0 Å². The molecule has 1 heterocycles. The largest absolute Gasteiger partial charge is 0.301 e. The number of hydrogen-bond acceptors (Lipinski definition) is 4. The van der Waals surface area contributed by atoms with E-state index in [1.54, 1.807) is 18.2 Å². The molecule has 2 aliphatic rings. The van der Waals surface area contributed by atoms with Crippen LogP contribution >= 0.6 is 28.1 Å². The van der Waals surface area contributed by atoms with E-state index in [1.807, 2.05) is 6.07 Å². The van der Waals surface area contributed by atoms with Gasteiger partial charge in [-0.05, 0) is 43.3 Å². The number of aliphatic imine (C=N–C) groups is 1. The number of nitrogens with one attached hydrogen (secondary N) is 1. The maximum absolute atomic E-state index is 12.6. The summed E-state index contributed by atoms with van der Waals surface area (Å²) in [4.78, 5) is 30.1. The predicted octanol–water partition coefficient (Wildman–Crippen LogP) is 2.05. The zero-order valence-corrected chi connectivity index (χ0v) is 13.4. The van der Waals surface area contributed by atoms with Crippen molar-refractivity contribution in [2.24, 2.45) is 10.9 Å². The minimum Gasteiger partial charge on any atom is -0.301 e. The monoisotopic (exact) mass is 365 g/mol. The first-order valence-electron chi connectivity index (χ1n) is 6.54. The van der Waals surface area contributed by atoms with Crippen molar-refractivity contribution >= 4 is 57.0 Å². The SMILES string of the molecule is O=C1NC(=S)N(c2cccc(Br)c2)C(=O)[C@@H]1C=NC1CC1. The van der Waals surface area contributed by atoms with E-state index in [-0.39, 0.29) is 17.1 Å². The average molecular weight is 366 g/mol. The van der Waals surface area contributed by atoms with Crippen molar-refractivity contribution in [1.82, 2.24) is 5.32 Å². The fourth-order valence-electron chi connectivity index (χ4n) is 2.01. The summed E-state index contributed by atoms with van der Waals surface area (Å²) in [6.07, 6.45) is 3.49. The summed E-state index contributed by atoms with van der Waals surface area (Å²) in [5.41, 5.74) is 0.615. The molecule has 1 aliphatic carbocycles. The number of anilines is 1. The molecule has 21 heavy (non-hydrogen) atoms. The van der Waals surface area contributed by atoms with E-state index in [9.17, 15) is 9.59 Å². The summed E-state index contributed by atoms with van der Waals surface area (Å²) in [7, 11) is 0. The minimum atomic E-state index is -0.920. The van der Waals surface area contributed by atoms with Gasteiger partial charge in [-0.2, -0.15) is 0 Å². The van der Waals surface area contributed by atoms with Crippen LogP contribution in [0.1, 0.15) is 12.8 Å². The summed E-state index contributed by atoms with van der Waals surface area (Å²) in [5.74, 6) is -1.71. The molecule has 1 saturated heterocycles. The van der Waals surface area contributed by atoms with E-state index in [0.717, 1.165) is 17.3 Å². The summed E-state index contributed by atoms with van der Waals surface area (Å²) in [6.45, 7) is 0. The van der Waals surface area contributed by atoms with Gasteiger partial charge in [0, 0.05) is 16.7 Å². The molecule has 0 bridgehead atoms. The van der Waals surface area contributed by atoms with E-state index in [4.69, 9.17) is 12.2 Å². The zero-order chi connectivity index (χ0) is 15.0. The molecule has 2 amide bonds. The van der Waals surface area contributed by atoms with Crippen molar-refractivity contribution in [3.8, 4) is 0 Å². The zero-order valence-electron chi connectivity index (χ0n) is 11.0. The van der Waals surface area contributed by atoms with Crippen molar-refractivity contribution in [2.45, 2.75) is 18.9 Å². The van der Waals surface area contributed by atoms with Gasteiger partial charge in [0.2, 0.25) is 5.91 Å². The second-order valence-corrected chi connectivity index (χ2v) is 6.26. The van der Waals surface area contributed by atoms with Gasteiger partial charge in [0.05, 0.1) is 5.69 Å². The standard InChI is InChI=1S/C14H12BrN3O2S/c15-8-2-1-3-10(6-8)18-13(20)11(7-16-9-4-5-9)12(19)17-14(18)21/h1-3,6-7,9,11H,4-5H2,(H,17,19,21)/t11-/m1/s1. The van der Waals surface area contributed by atoms with Gasteiger partial charge in [-0.15, -0.1) is 0 Å². The quantitative estimate of drug-likeness (QED) is 0.506. The summed E-state index contributed by atoms with van der Waals surface area (Å²) in [5, 5.41) is 2.66. The molecule has 0 aromatic heterocycles. The molecule has 1 atom stereocenters. The molecule has 3 rings (SSSR count). The number of nitrogens with zero attached hydrogens (tertiary/aromatic N) is 2. The molecule has 0 radical (unpaired) electrons. The van der Waals surface area contributed by atoms with Gasteiger partial charge in [0.15, 0.2) is 11.0 Å². The molecule has 1 aromatic carbocycles. The first-order chi connectivity index (χ1) is 10.1. The minimum absolute atomic E-state index is 0.0965. The molecule has 2 fully saturated rings. The maximum atomic E-state index is 12.6. The van der Waals surface area contributed by atoms with Gasteiger partial charge in [0.25, 0.3) is 5.91 Å². The molecule has 0 spiro atoms. The van der Waals surface area contributed by atoms with Crippen LogP contribution in [0.25, 0.3) is 0 Å². The lowest BCUT2D eigenvalue weighted by atomic mass is 10.1. The molecule has 1 saturated carbocycles. The van der Waals surface area contributed by atoms with Crippen LogP contribution in [0, 0.1) is 5.92 Å². The summed E-state index contributed by atoms with van der Waals surface area (Å²) in [6, 6.07) is 7.46. The number of carbonyl (C=O) groups is 2. The van der Waals surface area contributed by atoms with Crippen LogP contribution < -0.4 is 10.2 Å². The fourth-order valence-corrected chi connectivity index (χ4v) is 2.70. The fraction of sp³-hybridized carbons (Fsp3) is 0.286. The lowest BCUT2D eigenvalue weighted by Gasteiger charge is -2.31. The van der Waals surface area contributed by atoms with Crippen LogP contribution in [0.4, 0.5) is 5.69 Å². The Kier molecular flexibility index (Phi) is 3.86. The van der Waals surface area contributed by atoms with Crippen LogP contribution in [-0.2, 0) is 9.59 Å². The van der Waals surface area contributed by atoms with Crippen molar-refractivity contribution in [1.29, 1.82) is 0 Å². The number of rotatable bonds is 3. The molecular formula is C14H12BrN3O2S. The highest BCUT2D eigenvalue weighted by Crippen LogP contribution is 2.25. The second-order valence-electron chi connectivity index (χ2n) is 4.95. The molecule has 108 valence electrons. The normalized spacial score (nSPS) is 22.8. The predicted molar refractivity (Wildman–Crippen MR) is 87.4 cm³/mol. The number of hydrogen-bond donors (Lipinski definition) is 1. The number of thiocarbonyl (C=S) groups is 1. The highest BCUT2D eigenvalue weighted by molar-refractivity contribution is 9.10. The molecule has 5 nitrogen and oxygen atoms in total. The Labute approximate surface area is 135 Å². The smallest absolute Gasteiger partial charge is 0.251 e. The molecule has 0 unspecified atom stereocenters. The Morgan fingerprint density at radius 3 is 2.81 bits per heavy atom. The molecule has 1 N–H and O–H groups in total. The van der Waals surface area contributed by atoms with Crippen LogP contribution in [0.3, 0.4) is 0 Å². The first-order valence-corrected chi connectivity index (χ1v) is 7.74. The topological polar surface area (TPSA) is 61.8 Å². The van der Waals surface area contributed by atoms with Crippen molar-refractivity contribution in [2.75, 3.05) is 4.90 Å². The third kappa shape index (κ3) is 3.03. The van der Waals surface area contributed by atoms with Crippen LogP contribution in [0.2, 0.25) is 0 Å². The highest BCUT2D eigenvalue weighted by Gasteiger charge is 2.38. The molecule has 1 aromatic rings. The van der Waals surface area contributed by atoms with Crippen molar-refractivity contribution < 1.29 is 9.59 Å². The van der Waals surface area contributed by atoms with Gasteiger partial charge < -0.3 is 5.32 Å². The van der Waals surface area contributed by atoms with E-state index >= 15 is 0 Å². The number of halogens is 1. The van der Waals surface area contributed by atoms with E-state index in [0.29, 0.717) is 5.69 Å². The highest BCUT2D eigenvalue weighted by atomic mass is 79.9. The maximum Gasteiger partial charge on any atom is 0.251 e. The van der Waals surface area contributed by atoms with E-state index in [1.165, 1.54) is 11.1 Å². The van der Waals surface area contributed by atoms with E-state index < -0.39 is 11.8 Å².